The van der Waals surface area contributed by atoms with Crippen molar-refractivity contribution in [2.75, 3.05) is 45.9 Å². The molecule has 2 amide bonds. The van der Waals surface area contributed by atoms with Gasteiger partial charge in [-0.2, -0.15) is 0 Å². The predicted molar refractivity (Wildman–Crippen MR) is 97.2 cm³/mol. The van der Waals surface area contributed by atoms with Gasteiger partial charge in [0.25, 0.3) is 0 Å². The number of benzene rings is 1. The van der Waals surface area contributed by atoms with E-state index >= 15 is 0 Å². The minimum atomic E-state index is -1.08. The maximum absolute atomic E-state index is 12.4. The molecule has 0 unspecified atom stereocenters. The highest BCUT2D eigenvalue weighted by Gasteiger charge is 2.35. The lowest BCUT2D eigenvalue weighted by Crippen LogP contribution is -2.50. The molecule has 1 heterocycles. The Hall–Kier alpha value is -1.92. The van der Waals surface area contributed by atoms with E-state index in [0.29, 0.717) is 13.1 Å². The molecule has 0 bridgehead atoms. The largest absolute Gasteiger partial charge is 0.379 e. The third-order valence-electron chi connectivity index (χ3n) is 4.49. The van der Waals surface area contributed by atoms with E-state index in [9.17, 15) is 9.59 Å². The van der Waals surface area contributed by atoms with Gasteiger partial charge in [0.15, 0.2) is 0 Å². The lowest BCUT2D eigenvalue weighted by Gasteiger charge is -2.27. The van der Waals surface area contributed by atoms with Crippen molar-refractivity contribution < 1.29 is 14.3 Å². The summed E-state index contributed by atoms with van der Waals surface area (Å²) in [6, 6.07) is 9.96. The summed E-state index contributed by atoms with van der Waals surface area (Å²) in [5.41, 5.74) is 0.0809. The second kappa shape index (κ2) is 9.53. The Balaban J connectivity index is 1.70. The molecule has 0 spiro atoms. The summed E-state index contributed by atoms with van der Waals surface area (Å²) in [4.78, 5) is 27.0. The van der Waals surface area contributed by atoms with Crippen LogP contribution in [0.2, 0.25) is 0 Å². The van der Waals surface area contributed by atoms with Gasteiger partial charge in [0.1, 0.15) is 5.41 Å². The molecule has 1 fully saturated rings. The van der Waals surface area contributed by atoms with Crippen molar-refractivity contribution in [1.82, 2.24) is 15.5 Å². The Morgan fingerprint density at radius 3 is 2.28 bits per heavy atom. The first-order valence-electron chi connectivity index (χ1n) is 8.91. The van der Waals surface area contributed by atoms with Gasteiger partial charge in [-0.05, 0) is 25.8 Å². The topological polar surface area (TPSA) is 70.7 Å². The molecule has 1 aromatic carbocycles. The Kier molecular flexibility index (Phi) is 7.40. The van der Waals surface area contributed by atoms with Crippen LogP contribution in [0.25, 0.3) is 0 Å². The summed E-state index contributed by atoms with van der Waals surface area (Å²) in [7, 11) is 0. The van der Waals surface area contributed by atoms with Crippen molar-refractivity contribution in [3.05, 3.63) is 35.9 Å². The SMILES string of the molecule is CC(C)(C(=O)NCCc1ccccc1)C(=O)NCCN1CCOCC1. The molecule has 0 aromatic heterocycles. The van der Waals surface area contributed by atoms with Crippen LogP contribution in [0.3, 0.4) is 0 Å². The molecule has 0 atom stereocenters. The monoisotopic (exact) mass is 347 g/mol. The smallest absolute Gasteiger partial charge is 0.235 e. The van der Waals surface area contributed by atoms with Crippen LogP contribution < -0.4 is 10.6 Å². The maximum Gasteiger partial charge on any atom is 0.235 e. The standard InChI is InChI=1S/C19H29N3O3/c1-19(2,17(23)20-9-8-16-6-4-3-5-7-16)18(24)21-10-11-22-12-14-25-15-13-22/h3-7H,8-15H2,1-2H3,(H,20,23)(H,21,24). The first kappa shape index (κ1) is 19.4. The van der Waals surface area contributed by atoms with Crippen molar-refractivity contribution in [1.29, 1.82) is 0 Å². The van der Waals surface area contributed by atoms with Crippen LogP contribution in [0.4, 0.5) is 0 Å². The average molecular weight is 347 g/mol. The second-order valence-corrected chi connectivity index (χ2v) is 6.83. The van der Waals surface area contributed by atoms with Crippen LogP contribution in [-0.4, -0.2) is 62.7 Å². The molecule has 0 aliphatic carbocycles. The van der Waals surface area contributed by atoms with Gasteiger partial charge in [0, 0.05) is 32.7 Å². The lowest BCUT2D eigenvalue weighted by molar-refractivity contribution is -0.141. The van der Waals surface area contributed by atoms with Crippen LogP contribution >= 0.6 is 0 Å². The number of rotatable bonds is 8. The lowest BCUT2D eigenvalue weighted by atomic mass is 9.91. The fourth-order valence-corrected chi connectivity index (χ4v) is 2.66. The summed E-state index contributed by atoms with van der Waals surface area (Å²) in [6.45, 7) is 8.42. The van der Waals surface area contributed by atoms with Crippen molar-refractivity contribution in [2.24, 2.45) is 5.41 Å². The zero-order valence-electron chi connectivity index (χ0n) is 15.2. The first-order valence-corrected chi connectivity index (χ1v) is 8.91. The molecule has 138 valence electrons. The maximum atomic E-state index is 12.4. The number of nitrogens with zero attached hydrogens (tertiary/aromatic N) is 1. The van der Waals surface area contributed by atoms with E-state index in [2.05, 4.69) is 15.5 Å². The number of hydrogen-bond donors (Lipinski definition) is 2. The molecule has 0 radical (unpaired) electrons. The summed E-state index contributed by atoms with van der Waals surface area (Å²) in [5, 5.41) is 5.74. The Morgan fingerprint density at radius 2 is 1.64 bits per heavy atom. The first-order chi connectivity index (χ1) is 12.0. The van der Waals surface area contributed by atoms with E-state index in [4.69, 9.17) is 4.74 Å². The van der Waals surface area contributed by atoms with Gasteiger partial charge in [-0.15, -0.1) is 0 Å². The second-order valence-electron chi connectivity index (χ2n) is 6.83. The third kappa shape index (κ3) is 6.14. The van der Waals surface area contributed by atoms with Crippen LogP contribution in [0, 0.1) is 5.41 Å². The molecule has 1 aliphatic rings. The zero-order valence-corrected chi connectivity index (χ0v) is 15.2. The van der Waals surface area contributed by atoms with Crippen molar-refractivity contribution in [3.8, 4) is 0 Å². The van der Waals surface area contributed by atoms with Gasteiger partial charge in [-0.1, -0.05) is 30.3 Å². The van der Waals surface area contributed by atoms with Crippen LogP contribution in [-0.2, 0) is 20.7 Å². The highest BCUT2D eigenvalue weighted by Crippen LogP contribution is 2.15. The summed E-state index contributed by atoms with van der Waals surface area (Å²) >= 11 is 0. The summed E-state index contributed by atoms with van der Waals surface area (Å²) in [5.74, 6) is -0.481. The molecule has 2 rings (SSSR count). The quantitative estimate of drug-likeness (QED) is 0.683. The zero-order chi connectivity index (χ0) is 18.1. The number of ether oxygens (including phenoxy) is 1. The number of morpholine rings is 1. The van der Waals surface area contributed by atoms with E-state index in [1.165, 1.54) is 0 Å². The van der Waals surface area contributed by atoms with E-state index in [1.54, 1.807) is 13.8 Å². The highest BCUT2D eigenvalue weighted by molar-refractivity contribution is 6.04. The molecule has 6 nitrogen and oxygen atoms in total. The highest BCUT2D eigenvalue weighted by atomic mass is 16.5. The predicted octanol–water partition coefficient (Wildman–Crippen LogP) is 0.820. The van der Waals surface area contributed by atoms with Gasteiger partial charge in [0.05, 0.1) is 13.2 Å². The van der Waals surface area contributed by atoms with Crippen LogP contribution in [0.1, 0.15) is 19.4 Å². The fourth-order valence-electron chi connectivity index (χ4n) is 2.66. The van der Waals surface area contributed by atoms with Gasteiger partial charge in [-0.25, -0.2) is 0 Å². The van der Waals surface area contributed by atoms with Gasteiger partial charge >= 0.3 is 0 Å². The summed E-state index contributed by atoms with van der Waals surface area (Å²) in [6.07, 6.45) is 0.751. The molecule has 1 aromatic rings. The number of nitrogens with one attached hydrogen (secondary N) is 2. The minimum Gasteiger partial charge on any atom is -0.379 e. The molecule has 6 heteroatoms. The van der Waals surface area contributed by atoms with Gasteiger partial charge < -0.3 is 15.4 Å². The molecule has 25 heavy (non-hydrogen) atoms. The minimum absolute atomic E-state index is 0.238. The third-order valence-corrected chi connectivity index (χ3v) is 4.49. The van der Waals surface area contributed by atoms with Crippen LogP contribution in [0.15, 0.2) is 30.3 Å². The van der Waals surface area contributed by atoms with E-state index in [1.807, 2.05) is 30.3 Å². The normalized spacial score (nSPS) is 15.6. The molecule has 0 saturated carbocycles. The fraction of sp³-hybridized carbons (Fsp3) is 0.579. The number of amides is 2. The van der Waals surface area contributed by atoms with Crippen molar-refractivity contribution in [2.45, 2.75) is 20.3 Å². The molecule has 2 N–H and O–H groups in total. The Bertz CT molecular complexity index is 554. The van der Waals surface area contributed by atoms with Gasteiger partial charge in [-0.3, -0.25) is 14.5 Å². The number of carbonyl (C=O) groups is 2. The number of hydrogen-bond acceptors (Lipinski definition) is 4. The summed E-state index contributed by atoms with van der Waals surface area (Å²) < 4.78 is 5.30. The molecule has 1 saturated heterocycles. The van der Waals surface area contributed by atoms with Gasteiger partial charge in [0.2, 0.25) is 11.8 Å². The van der Waals surface area contributed by atoms with E-state index in [-0.39, 0.29) is 11.8 Å². The Morgan fingerprint density at radius 1 is 1.04 bits per heavy atom. The van der Waals surface area contributed by atoms with Crippen molar-refractivity contribution in [3.63, 3.8) is 0 Å². The number of carbonyl (C=O) groups excluding carboxylic acids is 2. The molecular formula is C19H29N3O3. The van der Waals surface area contributed by atoms with E-state index in [0.717, 1.165) is 44.8 Å². The van der Waals surface area contributed by atoms with Crippen molar-refractivity contribution >= 4 is 11.8 Å². The Labute approximate surface area is 149 Å². The van der Waals surface area contributed by atoms with E-state index < -0.39 is 5.41 Å². The van der Waals surface area contributed by atoms with Crippen LogP contribution in [0.5, 0.6) is 0 Å². The molecular weight excluding hydrogens is 318 g/mol. The average Bonchev–Trinajstić information content (AvgIpc) is 2.63. The molecule has 1 aliphatic heterocycles.